The summed E-state index contributed by atoms with van der Waals surface area (Å²) in [6.45, 7) is 13.5. The first-order valence-electron chi connectivity index (χ1n) is 19.2. The lowest BCUT2D eigenvalue weighted by molar-refractivity contribution is -0.137. The van der Waals surface area contributed by atoms with Crippen molar-refractivity contribution in [2.75, 3.05) is 13.7 Å². The minimum absolute atomic E-state index is 0.0451. The Hall–Kier alpha value is -5.39. The van der Waals surface area contributed by atoms with Gasteiger partial charge in [0, 0.05) is 30.0 Å². The van der Waals surface area contributed by atoms with E-state index in [9.17, 15) is 14.4 Å². The topological polar surface area (TPSA) is 146 Å². The molecule has 2 aliphatic rings. The second-order valence-corrected chi connectivity index (χ2v) is 15.3. The van der Waals surface area contributed by atoms with Crippen LogP contribution in [-0.4, -0.2) is 73.4 Å². The van der Waals surface area contributed by atoms with Gasteiger partial charge in [0.1, 0.15) is 30.0 Å². The van der Waals surface area contributed by atoms with E-state index in [0.717, 1.165) is 87.1 Å². The third-order valence-corrected chi connectivity index (χ3v) is 11.0. The van der Waals surface area contributed by atoms with Crippen molar-refractivity contribution in [2.24, 2.45) is 11.8 Å². The van der Waals surface area contributed by atoms with Crippen LogP contribution in [0.2, 0.25) is 0 Å². The second kappa shape index (κ2) is 15.2. The number of hydrogen-bond donors (Lipinski definition) is 3. The largest absolute Gasteiger partial charge is 0.488 e. The molecule has 5 aromatic rings. The number of imidazole rings is 2. The van der Waals surface area contributed by atoms with Crippen molar-refractivity contribution in [1.29, 1.82) is 0 Å². The zero-order chi connectivity index (χ0) is 38.3. The van der Waals surface area contributed by atoms with Crippen LogP contribution in [0, 0.1) is 11.8 Å². The van der Waals surface area contributed by atoms with Crippen molar-refractivity contribution >= 4 is 39.7 Å². The second-order valence-electron chi connectivity index (χ2n) is 15.3. The van der Waals surface area contributed by atoms with Crippen LogP contribution in [0.5, 0.6) is 5.75 Å². The summed E-state index contributed by atoms with van der Waals surface area (Å²) in [5.41, 5.74) is 6.86. The fourth-order valence-electron chi connectivity index (χ4n) is 7.88. The molecule has 0 aliphatic carbocycles. The Bertz CT molecular complexity index is 2210. The molecule has 284 valence electrons. The lowest BCUT2D eigenvalue weighted by Gasteiger charge is -2.33. The van der Waals surface area contributed by atoms with Crippen LogP contribution >= 0.6 is 0 Å². The van der Waals surface area contributed by atoms with Crippen LogP contribution in [-0.2, 0) is 27.5 Å². The number of hydrogen-bond acceptors (Lipinski definition) is 7. The summed E-state index contributed by atoms with van der Waals surface area (Å²) in [7, 11) is 1.29. The number of alkyl carbamates (subject to hydrolysis) is 1. The molecule has 0 radical (unpaired) electrons. The monoisotopic (exact) mass is 733 g/mol. The fourth-order valence-corrected chi connectivity index (χ4v) is 7.88. The summed E-state index contributed by atoms with van der Waals surface area (Å²) in [6.07, 6.45) is 4.20. The number of rotatable bonds is 11. The SMILES string of the molecule is CCCC(=O)N1C[C@@H](C)C[C@H]1c1nc2ccc3cc4c(cc3c2[nH]1)OCc1cc(-c2cnc(CN(C(=O)[C@@H](NC(=O)OC)C(C)C)[C@@H](C)CC)[nH]2)ccc1-4. The van der Waals surface area contributed by atoms with E-state index >= 15 is 0 Å². The van der Waals surface area contributed by atoms with E-state index in [1.54, 1.807) is 11.1 Å². The van der Waals surface area contributed by atoms with Gasteiger partial charge in [-0.3, -0.25) is 9.59 Å². The predicted octanol–water partition coefficient (Wildman–Crippen LogP) is 7.88. The molecule has 3 aromatic carbocycles. The zero-order valence-corrected chi connectivity index (χ0v) is 32.3. The lowest BCUT2D eigenvalue weighted by atomic mass is 9.92. The number of H-pyrrole nitrogens is 2. The van der Waals surface area contributed by atoms with Crippen molar-refractivity contribution in [3.63, 3.8) is 0 Å². The fraction of sp³-hybridized carbons (Fsp3) is 0.452. The Balaban J connectivity index is 1.13. The van der Waals surface area contributed by atoms with Gasteiger partial charge in [0.05, 0.1) is 42.6 Å². The molecule has 4 atom stereocenters. The van der Waals surface area contributed by atoms with E-state index in [-0.39, 0.29) is 36.4 Å². The molecule has 0 unspecified atom stereocenters. The highest BCUT2D eigenvalue weighted by Crippen LogP contribution is 2.43. The molecule has 1 saturated heterocycles. The van der Waals surface area contributed by atoms with Crippen LogP contribution in [0.25, 0.3) is 44.2 Å². The molecule has 0 spiro atoms. The number of methoxy groups -OCH3 is 1. The van der Waals surface area contributed by atoms with Crippen LogP contribution in [0.4, 0.5) is 4.79 Å². The van der Waals surface area contributed by atoms with Crippen LogP contribution < -0.4 is 10.1 Å². The van der Waals surface area contributed by atoms with E-state index in [0.29, 0.717) is 24.8 Å². The average molecular weight is 734 g/mol. The molecular formula is C42H51N7O5. The number of benzene rings is 3. The summed E-state index contributed by atoms with van der Waals surface area (Å²) in [5.74, 6) is 2.63. The molecule has 2 aromatic heterocycles. The van der Waals surface area contributed by atoms with Gasteiger partial charge in [-0.15, -0.1) is 0 Å². The number of aromatic nitrogens is 4. The molecule has 54 heavy (non-hydrogen) atoms. The first kappa shape index (κ1) is 36.9. The number of amides is 3. The number of fused-ring (bicyclic) bond motifs is 6. The van der Waals surface area contributed by atoms with Gasteiger partial charge < -0.3 is 34.6 Å². The van der Waals surface area contributed by atoms with E-state index in [4.69, 9.17) is 14.5 Å². The molecule has 4 heterocycles. The summed E-state index contributed by atoms with van der Waals surface area (Å²) < 4.78 is 11.2. The normalized spacial score (nSPS) is 17.6. The third-order valence-electron chi connectivity index (χ3n) is 11.0. The van der Waals surface area contributed by atoms with Gasteiger partial charge in [-0.1, -0.05) is 52.8 Å². The molecule has 12 heteroatoms. The van der Waals surface area contributed by atoms with Crippen molar-refractivity contribution in [3.05, 3.63) is 65.9 Å². The summed E-state index contributed by atoms with van der Waals surface area (Å²) in [4.78, 5) is 59.2. The van der Waals surface area contributed by atoms with Crippen LogP contribution in [0.15, 0.2) is 48.7 Å². The Morgan fingerprint density at radius 1 is 1.07 bits per heavy atom. The molecule has 2 aliphatic heterocycles. The maximum atomic E-state index is 13.7. The highest BCUT2D eigenvalue weighted by atomic mass is 16.5. The Kier molecular flexibility index (Phi) is 10.4. The van der Waals surface area contributed by atoms with Gasteiger partial charge in [-0.2, -0.15) is 0 Å². The standard InChI is InChI=1S/C42H51N7O5/c1-8-10-37(50)49-20-24(5)15-34(49)40-45-32-14-12-26-17-31-29-13-11-27(16-28(29)22-54-35(31)18-30(26)39(32)46-40)33-19-43-36(44-33)21-48(25(6)9-2)41(51)38(23(3)4)47-42(52)53-7/h11-14,16-19,23-25,34,38H,8-10,15,20-22H2,1-7H3,(H,43,44)(H,45,46)(H,47,52)/t24-,25-,34-,38-/m0/s1. The average Bonchev–Trinajstić information content (AvgIpc) is 3.93. The van der Waals surface area contributed by atoms with Crippen molar-refractivity contribution < 1.29 is 23.9 Å². The number of nitrogens with zero attached hydrogens (tertiary/aromatic N) is 4. The first-order chi connectivity index (χ1) is 26.0. The molecule has 12 nitrogen and oxygen atoms in total. The highest BCUT2D eigenvalue weighted by Gasteiger charge is 2.36. The molecule has 3 amide bonds. The maximum absolute atomic E-state index is 13.7. The van der Waals surface area contributed by atoms with Gasteiger partial charge in [0.15, 0.2) is 0 Å². The summed E-state index contributed by atoms with van der Waals surface area (Å²) >= 11 is 0. The predicted molar refractivity (Wildman–Crippen MR) is 209 cm³/mol. The van der Waals surface area contributed by atoms with Gasteiger partial charge >= 0.3 is 6.09 Å². The molecular weight excluding hydrogens is 683 g/mol. The lowest BCUT2D eigenvalue weighted by Crippen LogP contribution is -2.53. The minimum atomic E-state index is -0.724. The molecule has 1 fully saturated rings. The van der Waals surface area contributed by atoms with E-state index in [1.807, 2.05) is 39.5 Å². The number of likely N-dealkylation sites (tertiary alicyclic amines) is 1. The zero-order valence-electron chi connectivity index (χ0n) is 32.3. The molecule has 7 rings (SSSR count). The summed E-state index contributed by atoms with van der Waals surface area (Å²) in [5, 5.41) is 4.83. The van der Waals surface area contributed by atoms with Crippen molar-refractivity contribution in [3.8, 4) is 28.1 Å². The highest BCUT2D eigenvalue weighted by molar-refractivity contribution is 6.07. The van der Waals surface area contributed by atoms with Crippen molar-refractivity contribution in [2.45, 2.75) is 98.5 Å². The molecule has 3 N–H and O–H groups in total. The van der Waals surface area contributed by atoms with Gasteiger partial charge in [-0.05, 0) is 84.4 Å². The first-order valence-corrected chi connectivity index (χ1v) is 19.2. The van der Waals surface area contributed by atoms with Gasteiger partial charge in [0.25, 0.3) is 0 Å². The molecule has 0 saturated carbocycles. The Morgan fingerprint density at radius 2 is 1.89 bits per heavy atom. The summed E-state index contributed by atoms with van der Waals surface area (Å²) in [6, 6.07) is 14.0. The van der Waals surface area contributed by atoms with E-state index in [2.05, 4.69) is 69.7 Å². The van der Waals surface area contributed by atoms with E-state index < -0.39 is 12.1 Å². The minimum Gasteiger partial charge on any atom is -0.488 e. The Morgan fingerprint density at radius 3 is 2.63 bits per heavy atom. The molecule has 0 bridgehead atoms. The van der Waals surface area contributed by atoms with Gasteiger partial charge in [0.2, 0.25) is 11.8 Å². The van der Waals surface area contributed by atoms with Crippen LogP contribution in [0.3, 0.4) is 0 Å². The van der Waals surface area contributed by atoms with Crippen molar-refractivity contribution in [1.82, 2.24) is 35.1 Å². The number of aromatic amines is 2. The van der Waals surface area contributed by atoms with Crippen LogP contribution in [0.1, 0.15) is 90.5 Å². The van der Waals surface area contributed by atoms with E-state index in [1.165, 1.54) is 7.11 Å². The Labute approximate surface area is 316 Å². The number of ether oxygens (including phenoxy) is 2. The number of carbonyl (C=O) groups is 3. The number of nitrogens with one attached hydrogen (secondary N) is 3. The quantitative estimate of drug-likeness (QED) is 0.125. The number of carbonyl (C=O) groups excluding carboxylic acids is 3. The maximum Gasteiger partial charge on any atom is 0.407 e. The smallest absolute Gasteiger partial charge is 0.407 e. The van der Waals surface area contributed by atoms with Gasteiger partial charge in [-0.25, -0.2) is 14.8 Å². The third kappa shape index (κ3) is 7.01.